The van der Waals surface area contributed by atoms with Crippen molar-refractivity contribution < 1.29 is 4.52 Å². The van der Waals surface area contributed by atoms with Crippen LogP contribution < -0.4 is 5.73 Å². The van der Waals surface area contributed by atoms with Crippen LogP contribution in [0.3, 0.4) is 0 Å². The first kappa shape index (κ1) is 21.8. The average Bonchev–Trinajstić information content (AvgIpc) is 3.37. The third-order valence-electron chi connectivity index (χ3n) is 5.66. The van der Waals surface area contributed by atoms with Gasteiger partial charge in [-0.15, -0.1) is 12.4 Å². The zero-order valence-corrected chi connectivity index (χ0v) is 17.9. The van der Waals surface area contributed by atoms with Gasteiger partial charge in [0.1, 0.15) is 0 Å². The first-order valence-corrected chi connectivity index (χ1v) is 10.1. The van der Waals surface area contributed by atoms with Gasteiger partial charge in [0.2, 0.25) is 5.89 Å². The summed E-state index contributed by atoms with van der Waals surface area (Å²) in [6, 6.07) is 18.4. The van der Waals surface area contributed by atoms with Gasteiger partial charge in [-0.05, 0) is 42.6 Å². The Balaban J connectivity index is 0.00000240. The zero-order chi connectivity index (χ0) is 19.5. The van der Waals surface area contributed by atoms with Gasteiger partial charge < -0.3 is 10.3 Å². The first-order valence-electron chi connectivity index (χ1n) is 9.70. The molecule has 2 heterocycles. The number of nitrogens with zero attached hydrogens (tertiary/aromatic N) is 3. The van der Waals surface area contributed by atoms with Crippen LogP contribution in [-0.2, 0) is 6.42 Å². The molecule has 0 amide bonds. The lowest BCUT2D eigenvalue weighted by atomic mass is 9.89. The molecule has 154 valence electrons. The largest absolute Gasteiger partial charge is 0.338 e. The number of halogens is 2. The molecule has 0 radical (unpaired) electrons. The van der Waals surface area contributed by atoms with Crippen LogP contribution in [0.4, 0.5) is 0 Å². The van der Waals surface area contributed by atoms with E-state index in [4.69, 9.17) is 21.9 Å². The highest BCUT2D eigenvalue weighted by Gasteiger charge is 2.36. The van der Waals surface area contributed by atoms with Crippen molar-refractivity contribution in [3.05, 3.63) is 82.5 Å². The normalized spacial score (nSPS) is 20.4. The average molecular weight is 433 g/mol. The molecule has 3 aromatic rings. The van der Waals surface area contributed by atoms with Crippen LogP contribution >= 0.6 is 24.0 Å². The highest BCUT2D eigenvalue weighted by Crippen LogP contribution is 2.36. The SMILES string of the molecule is CC(c1nc(Cc2ccc(Cl)cc2)no1)N1C[C@@H](CN)[C@H](c2ccccc2)C1.Cl. The smallest absolute Gasteiger partial charge is 0.243 e. The fourth-order valence-electron chi connectivity index (χ4n) is 3.99. The van der Waals surface area contributed by atoms with Crippen molar-refractivity contribution >= 4 is 24.0 Å². The Bertz CT molecular complexity index is 901. The summed E-state index contributed by atoms with van der Waals surface area (Å²) in [5.41, 5.74) is 8.53. The Hall–Kier alpha value is -1.92. The Morgan fingerprint density at radius 3 is 2.55 bits per heavy atom. The van der Waals surface area contributed by atoms with E-state index < -0.39 is 0 Å². The summed E-state index contributed by atoms with van der Waals surface area (Å²) in [7, 11) is 0. The van der Waals surface area contributed by atoms with Gasteiger partial charge >= 0.3 is 0 Å². The third kappa shape index (κ3) is 4.98. The van der Waals surface area contributed by atoms with E-state index in [0.29, 0.717) is 36.5 Å². The van der Waals surface area contributed by atoms with E-state index in [9.17, 15) is 0 Å². The molecule has 0 aliphatic carbocycles. The van der Waals surface area contributed by atoms with Crippen molar-refractivity contribution in [2.45, 2.75) is 25.3 Å². The summed E-state index contributed by atoms with van der Waals surface area (Å²) in [6.07, 6.45) is 0.630. The van der Waals surface area contributed by atoms with E-state index in [-0.39, 0.29) is 18.4 Å². The van der Waals surface area contributed by atoms with Gasteiger partial charge in [0.25, 0.3) is 0 Å². The van der Waals surface area contributed by atoms with E-state index in [0.717, 1.165) is 23.7 Å². The highest BCUT2D eigenvalue weighted by molar-refractivity contribution is 6.30. The molecule has 1 saturated heterocycles. The second kappa shape index (κ2) is 9.72. The number of benzene rings is 2. The lowest BCUT2D eigenvalue weighted by Gasteiger charge is -2.21. The monoisotopic (exact) mass is 432 g/mol. The number of hydrogen-bond donors (Lipinski definition) is 1. The van der Waals surface area contributed by atoms with Gasteiger partial charge in [-0.3, -0.25) is 4.90 Å². The van der Waals surface area contributed by atoms with Crippen LogP contribution in [0.15, 0.2) is 59.1 Å². The van der Waals surface area contributed by atoms with Crippen molar-refractivity contribution in [2.75, 3.05) is 19.6 Å². The highest BCUT2D eigenvalue weighted by atomic mass is 35.5. The molecule has 0 saturated carbocycles. The molecule has 1 unspecified atom stereocenters. The molecule has 7 heteroatoms. The lowest BCUT2D eigenvalue weighted by molar-refractivity contribution is 0.202. The molecule has 1 aliphatic heterocycles. The van der Waals surface area contributed by atoms with Crippen molar-refractivity contribution in [1.29, 1.82) is 0 Å². The maximum Gasteiger partial charge on any atom is 0.243 e. The van der Waals surface area contributed by atoms with Gasteiger partial charge in [-0.2, -0.15) is 4.98 Å². The summed E-state index contributed by atoms with van der Waals surface area (Å²) < 4.78 is 5.58. The summed E-state index contributed by atoms with van der Waals surface area (Å²) in [5.74, 6) is 2.22. The van der Waals surface area contributed by atoms with Crippen LogP contribution in [0.25, 0.3) is 0 Å². The fourth-order valence-corrected chi connectivity index (χ4v) is 4.11. The molecule has 2 N–H and O–H groups in total. The number of nitrogens with two attached hydrogens (primary N) is 1. The predicted molar refractivity (Wildman–Crippen MR) is 118 cm³/mol. The topological polar surface area (TPSA) is 68.2 Å². The number of aromatic nitrogens is 2. The molecule has 1 aliphatic rings. The molecule has 5 nitrogen and oxygen atoms in total. The molecule has 1 fully saturated rings. The van der Waals surface area contributed by atoms with Crippen molar-refractivity contribution in [2.24, 2.45) is 11.7 Å². The minimum atomic E-state index is 0. The first-order chi connectivity index (χ1) is 13.6. The Kier molecular flexibility index (Phi) is 7.30. The quantitative estimate of drug-likeness (QED) is 0.621. The molecule has 2 aromatic carbocycles. The lowest BCUT2D eigenvalue weighted by Crippen LogP contribution is -2.26. The number of likely N-dealkylation sites (tertiary alicyclic amines) is 1. The Labute approximate surface area is 182 Å². The van der Waals surface area contributed by atoms with E-state index in [2.05, 4.69) is 52.3 Å². The minimum Gasteiger partial charge on any atom is -0.338 e. The Morgan fingerprint density at radius 1 is 1.14 bits per heavy atom. The summed E-state index contributed by atoms with van der Waals surface area (Å²) in [4.78, 5) is 7.04. The minimum absolute atomic E-state index is 0. The van der Waals surface area contributed by atoms with Gasteiger partial charge in [0.15, 0.2) is 5.82 Å². The van der Waals surface area contributed by atoms with E-state index in [1.54, 1.807) is 0 Å². The van der Waals surface area contributed by atoms with Crippen molar-refractivity contribution in [1.82, 2.24) is 15.0 Å². The van der Waals surface area contributed by atoms with Gasteiger partial charge in [-0.25, -0.2) is 0 Å². The van der Waals surface area contributed by atoms with Crippen LogP contribution in [0.2, 0.25) is 5.02 Å². The van der Waals surface area contributed by atoms with Crippen molar-refractivity contribution in [3.63, 3.8) is 0 Å². The molecule has 4 rings (SSSR count). The standard InChI is InChI=1S/C22H25ClN4O.ClH/c1-15(22-25-21(26-28-22)11-16-7-9-19(23)10-8-16)27-13-18(12-24)20(14-27)17-5-3-2-4-6-17;/h2-10,15,18,20H,11-14,24H2,1H3;1H/t15?,18-,20+;/m1./s1. The van der Waals surface area contributed by atoms with E-state index in [1.807, 2.05) is 24.3 Å². The van der Waals surface area contributed by atoms with Crippen LogP contribution in [0, 0.1) is 5.92 Å². The fraction of sp³-hybridized carbons (Fsp3) is 0.364. The van der Waals surface area contributed by atoms with Crippen LogP contribution in [0.1, 0.15) is 41.7 Å². The summed E-state index contributed by atoms with van der Waals surface area (Å²) in [6.45, 7) is 4.68. The molecular weight excluding hydrogens is 407 g/mol. The summed E-state index contributed by atoms with van der Waals surface area (Å²) >= 11 is 5.95. The van der Waals surface area contributed by atoms with Crippen LogP contribution in [0.5, 0.6) is 0 Å². The molecule has 3 atom stereocenters. The third-order valence-corrected chi connectivity index (χ3v) is 5.92. The Morgan fingerprint density at radius 2 is 1.86 bits per heavy atom. The molecule has 29 heavy (non-hydrogen) atoms. The number of hydrogen-bond acceptors (Lipinski definition) is 5. The maximum absolute atomic E-state index is 6.08. The second-order valence-electron chi connectivity index (χ2n) is 7.49. The molecule has 1 aromatic heterocycles. The van der Waals surface area contributed by atoms with Gasteiger partial charge in [0.05, 0.1) is 6.04 Å². The maximum atomic E-state index is 6.08. The van der Waals surface area contributed by atoms with E-state index >= 15 is 0 Å². The van der Waals surface area contributed by atoms with Gasteiger partial charge in [-0.1, -0.05) is 59.2 Å². The van der Waals surface area contributed by atoms with Crippen LogP contribution in [-0.4, -0.2) is 34.7 Å². The van der Waals surface area contributed by atoms with Gasteiger partial charge in [0, 0.05) is 30.5 Å². The predicted octanol–water partition coefficient (Wildman–Crippen LogP) is 4.47. The number of rotatable bonds is 6. The van der Waals surface area contributed by atoms with E-state index in [1.165, 1.54) is 5.56 Å². The summed E-state index contributed by atoms with van der Waals surface area (Å²) in [5, 5.41) is 4.90. The zero-order valence-electron chi connectivity index (χ0n) is 16.4. The second-order valence-corrected chi connectivity index (χ2v) is 7.93. The molecule has 0 bridgehead atoms. The molecule has 0 spiro atoms. The molecular formula is C22H26Cl2N4O. The van der Waals surface area contributed by atoms with Crippen molar-refractivity contribution in [3.8, 4) is 0 Å².